The van der Waals surface area contributed by atoms with Gasteiger partial charge in [-0.15, -0.1) is 0 Å². The number of carbonyl (C=O) groups is 1. The van der Waals surface area contributed by atoms with E-state index in [-0.39, 0.29) is 10.9 Å². The number of rotatable bonds is 2. The van der Waals surface area contributed by atoms with Gasteiger partial charge in [-0.1, -0.05) is 23.2 Å². The molecule has 0 atom stereocenters. The van der Waals surface area contributed by atoms with Gasteiger partial charge < -0.3 is 11.1 Å². The first-order valence-corrected chi connectivity index (χ1v) is 5.79. The van der Waals surface area contributed by atoms with Gasteiger partial charge in [-0.25, -0.2) is 0 Å². The van der Waals surface area contributed by atoms with Gasteiger partial charge in [-0.3, -0.25) is 9.78 Å². The second-order valence-electron chi connectivity index (χ2n) is 3.55. The fourth-order valence-corrected chi connectivity index (χ4v) is 1.82. The summed E-state index contributed by atoms with van der Waals surface area (Å²) in [4.78, 5) is 15.8. The summed E-state index contributed by atoms with van der Waals surface area (Å²) in [6, 6.07) is 6.37. The summed E-state index contributed by atoms with van der Waals surface area (Å²) < 4.78 is 0. The largest absolute Gasteiger partial charge is 0.399 e. The molecular weight excluding hydrogens is 273 g/mol. The van der Waals surface area contributed by atoms with E-state index in [0.717, 1.165) is 0 Å². The molecule has 0 radical (unpaired) electrons. The van der Waals surface area contributed by atoms with Crippen LogP contribution in [0.5, 0.6) is 0 Å². The van der Waals surface area contributed by atoms with E-state index < -0.39 is 0 Å². The summed E-state index contributed by atoms with van der Waals surface area (Å²) in [5, 5.41) is 3.30. The van der Waals surface area contributed by atoms with Crippen LogP contribution in [0.2, 0.25) is 10.0 Å². The maximum absolute atomic E-state index is 12.0. The predicted molar refractivity (Wildman–Crippen MR) is 73.1 cm³/mol. The minimum Gasteiger partial charge on any atom is -0.399 e. The fraction of sp³-hybridized carbons (Fsp3) is 0. The topological polar surface area (TPSA) is 68.0 Å². The lowest BCUT2D eigenvalue weighted by Gasteiger charge is -2.08. The van der Waals surface area contributed by atoms with E-state index in [2.05, 4.69) is 10.3 Å². The number of halogens is 2. The number of anilines is 2. The number of pyridine rings is 1. The number of nitrogens with one attached hydrogen (secondary N) is 1. The Morgan fingerprint density at radius 2 is 2.00 bits per heavy atom. The van der Waals surface area contributed by atoms with Gasteiger partial charge in [0.2, 0.25) is 0 Å². The summed E-state index contributed by atoms with van der Waals surface area (Å²) in [6.07, 6.45) is 2.90. The van der Waals surface area contributed by atoms with E-state index in [1.54, 1.807) is 18.2 Å². The summed E-state index contributed by atoms with van der Waals surface area (Å²) in [7, 11) is 0. The number of carbonyl (C=O) groups excluding carboxylic acids is 1. The molecule has 4 nitrogen and oxygen atoms in total. The Labute approximate surface area is 114 Å². The number of hydrogen-bond acceptors (Lipinski definition) is 3. The van der Waals surface area contributed by atoms with Crippen molar-refractivity contribution in [2.75, 3.05) is 11.1 Å². The van der Waals surface area contributed by atoms with Gasteiger partial charge >= 0.3 is 0 Å². The highest BCUT2D eigenvalue weighted by molar-refractivity contribution is 6.36. The van der Waals surface area contributed by atoms with E-state index in [1.807, 2.05) is 0 Å². The van der Waals surface area contributed by atoms with Crippen molar-refractivity contribution in [2.24, 2.45) is 0 Å². The zero-order chi connectivity index (χ0) is 13.1. The molecule has 0 aliphatic carbocycles. The van der Waals surface area contributed by atoms with E-state index in [4.69, 9.17) is 28.9 Å². The molecule has 0 fully saturated rings. The van der Waals surface area contributed by atoms with Gasteiger partial charge in [-0.05, 0) is 24.3 Å². The Morgan fingerprint density at radius 1 is 1.22 bits per heavy atom. The Kier molecular flexibility index (Phi) is 3.69. The van der Waals surface area contributed by atoms with Gasteiger partial charge in [-0.2, -0.15) is 0 Å². The third kappa shape index (κ3) is 2.72. The normalized spacial score (nSPS) is 10.1. The van der Waals surface area contributed by atoms with Crippen LogP contribution in [0, 0.1) is 0 Å². The van der Waals surface area contributed by atoms with Crippen LogP contribution >= 0.6 is 23.2 Å². The van der Waals surface area contributed by atoms with Crippen LogP contribution in [-0.2, 0) is 0 Å². The molecule has 18 heavy (non-hydrogen) atoms. The van der Waals surface area contributed by atoms with E-state index in [0.29, 0.717) is 22.0 Å². The van der Waals surface area contributed by atoms with Gasteiger partial charge in [0.25, 0.3) is 5.91 Å². The summed E-state index contributed by atoms with van der Waals surface area (Å²) in [5.41, 5.74) is 6.90. The molecule has 1 amide bonds. The lowest BCUT2D eigenvalue weighted by molar-refractivity contribution is 0.102. The van der Waals surface area contributed by atoms with E-state index in [9.17, 15) is 4.79 Å². The van der Waals surface area contributed by atoms with Crippen molar-refractivity contribution in [3.63, 3.8) is 0 Å². The number of benzene rings is 1. The minimum atomic E-state index is -0.353. The molecule has 0 saturated carbocycles. The summed E-state index contributed by atoms with van der Waals surface area (Å²) in [5.74, 6) is -0.353. The lowest BCUT2D eigenvalue weighted by atomic mass is 10.2. The number of aromatic nitrogens is 1. The maximum atomic E-state index is 12.0. The van der Waals surface area contributed by atoms with Crippen molar-refractivity contribution < 1.29 is 4.79 Å². The first-order chi connectivity index (χ1) is 8.58. The molecule has 0 aliphatic heterocycles. The summed E-state index contributed by atoms with van der Waals surface area (Å²) >= 11 is 11.8. The highest BCUT2D eigenvalue weighted by atomic mass is 35.5. The van der Waals surface area contributed by atoms with Crippen LogP contribution < -0.4 is 11.1 Å². The predicted octanol–water partition coefficient (Wildman–Crippen LogP) is 3.22. The monoisotopic (exact) mass is 281 g/mol. The Morgan fingerprint density at radius 3 is 2.67 bits per heavy atom. The van der Waals surface area contributed by atoms with Crippen LogP contribution in [0.4, 0.5) is 11.4 Å². The molecule has 2 aromatic rings. The number of nitrogen functional groups attached to an aromatic ring is 1. The van der Waals surface area contributed by atoms with E-state index >= 15 is 0 Å². The number of hydrogen-bond donors (Lipinski definition) is 2. The third-order valence-electron chi connectivity index (χ3n) is 2.26. The number of amides is 1. The molecular formula is C12H9Cl2N3O. The molecule has 1 aromatic heterocycles. The average Bonchev–Trinajstić information content (AvgIpc) is 2.33. The molecule has 0 unspecified atom stereocenters. The second kappa shape index (κ2) is 5.25. The molecule has 1 heterocycles. The quantitative estimate of drug-likeness (QED) is 0.831. The molecule has 0 saturated heterocycles. The highest BCUT2D eigenvalue weighted by Crippen LogP contribution is 2.25. The van der Waals surface area contributed by atoms with Crippen molar-refractivity contribution in [3.8, 4) is 0 Å². The number of nitrogens with two attached hydrogens (primary N) is 1. The fourth-order valence-electron chi connectivity index (χ4n) is 1.38. The van der Waals surface area contributed by atoms with Gasteiger partial charge in [0.05, 0.1) is 21.3 Å². The molecule has 1 aromatic carbocycles. The van der Waals surface area contributed by atoms with Crippen LogP contribution in [0.3, 0.4) is 0 Å². The molecule has 0 spiro atoms. The van der Waals surface area contributed by atoms with Crippen molar-refractivity contribution in [1.29, 1.82) is 0 Å². The van der Waals surface area contributed by atoms with Crippen molar-refractivity contribution in [1.82, 2.24) is 4.98 Å². The van der Waals surface area contributed by atoms with Crippen LogP contribution in [0.1, 0.15) is 10.4 Å². The molecule has 0 aliphatic rings. The first kappa shape index (κ1) is 12.7. The average molecular weight is 282 g/mol. The second-order valence-corrected chi connectivity index (χ2v) is 4.36. The molecule has 92 valence electrons. The molecule has 2 rings (SSSR count). The van der Waals surface area contributed by atoms with Gasteiger partial charge in [0, 0.05) is 18.1 Å². The first-order valence-electron chi connectivity index (χ1n) is 5.04. The Bertz CT molecular complexity index is 602. The minimum absolute atomic E-state index is 0.279. The van der Waals surface area contributed by atoms with Crippen LogP contribution in [0.25, 0.3) is 0 Å². The number of nitrogens with zero attached hydrogens (tertiary/aromatic N) is 1. The molecule has 0 bridgehead atoms. The van der Waals surface area contributed by atoms with Crippen molar-refractivity contribution in [3.05, 3.63) is 52.3 Å². The standard InChI is InChI=1S/C12H9Cl2N3O/c13-9-5-7(15)1-2-11(9)17-12(18)8-3-4-16-6-10(8)14/h1-6H,15H2,(H,17,18). The van der Waals surface area contributed by atoms with Crippen molar-refractivity contribution in [2.45, 2.75) is 0 Å². The zero-order valence-corrected chi connectivity index (χ0v) is 10.7. The smallest absolute Gasteiger partial charge is 0.257 e. The molecule has 3 N–H and O–H groups in total. The van der Waals surface area contributed by atoms with Gasteiger partial charge in [0.1, 0.15) is 0 Å². The van der Waals surface area contributed by atoms with Gasteiger partial charge in [0.15, 0.2) is 0 Å². The third-order valence-corrected chi connectivity index (χ3v) is 2.87. The molecule has 6 heteroatoms. The van der Waals surface area contributed by atoms with Crippen molar-refractivity contribution >= 4 is 40.5 Å². The Balaban J connectivity index is 2.24. The highest BCUT2D eigenvalue weighted by Gasteiger charge is 2.11. The van der Waals surface area contributed by atoms with Crippen LogP contribution in [-0.4, -0.2) is 10.9 Å². The Hall–Kier alpha value is -1.78. The zero-order valence-electron chi connectivity index (χ0n) is 9.15. The SMILES string of the molecule is Nc1ccc(NC(=O)c2ccncc2Cl)c(Cl)c1. The summed E-state index contributed by atoms with van der Waals surface area (Å²) in [6.45, 7) is 0. The maximum Gasteiger partial charge on any atom is 0.257 e. The van der Waals surface area contributed by atoms with Crippen LogP contribution in [0.15, 0.2) is 36.7 Å². The van der Waals surface area contributed by atoms with E-state index in [1.165, 1.54) is 18.5 Å². The lowest BCUT2D eigenvalue weighted by Crippen LogP contribution is -2.13.